The number of carboxylic acids is 1. The number of amides is 1. The minimum absolute atomic E-state index is 0.0213. The molecule has 0 atom stereocenters. The third-order valence-electron chi connectivity index (χ3n) is 4.31. The summed E-state index contributed by atoms with van der Waals surface area (Å²) in [6.45, 7) is 5.69. The van der Waals surface area contributed by atoms with Crippen molar-refractivity contribution in [1.29, 1.82) is 0 Å². The molecule has 2 aliphatic rings. The highest BCUT2D eigenvalue weighted by atomic mass is 16.4. The molecule has 0 bridgehead atoms. The van der Waals surface area contributed by atoms with Crippen molar-refractivity contribution < 1.29 is 14.7 Å². The normalized spacial score (nSPS) is 23.6. The number of carbonyl (C=O) groups is 2. The van der Waals surface area contributed by atoms with Crippen molar-refractivity contribution in [3.8, 4) is 0 Å². The number of carbonyl (C=O) groups excluding carboxylic acids is 1. The third kappa shape index (κ3) is 3.45. The Kier molecular flexibility index (Phi) is 4.42. The van der Waals surface area contributed by atoms with E-state index in [1.165, 1.54) is 6.92 Å². The summed E-state index contributed by atoms with van der Waals surface area (Å²) < 4.78 is 0. The number of hydrogen-bond donors (Lipinski definition) is 3. The summed E-state index contributed by atoms with van der Waals surface area (Å²) in [5.74, 6) is -0.176. The molecule has 0 spiro atoms. The van der Waals surface area contributed by atoms with Gasteiger partial charge in [-0.15, -0.1) is 0 Å². The molecule has 2 heterocycles. The van der Waals surface area contributed by atoms with Gasteiger partial charge in [-0.25, -0.2) is 0 Å². The number of hydrogen-bond acceptors (Lipinski definition) is 4. The Morgan fingerprint density at radius 2 is 2.00 bits per heavy atom. The molecule has 6 nitrogen and oxygen atoms in total. The zero-order chi connectivity index (χ0) is 13.9. The molecular weight excluding hydrogens is 246 g/mol. The number of nitrogens with one attached hydrogen (secondary N) is 2. The van der Waals surface area contributed by atoms with Crippen LogP contribution in [0.2, 0.25) is 0 Å². The summed E-state index contributed by atoms with van der Waals surface area (Å²) in [6.07, 6.45) is 2.28. The monoisotopic (exact) mass is 269 g/mol. The van der Waals surface area contributed by atoms with Crippen LogP contribution >= 0.6 is 0 Å². The molecule has 2 saturated heterocycles. The molecule has 3 N–H and O–H groups in total. The van der Waals surface area contributed by atoms with E-state index in [4.69, 9.17) is 5.11 Å². The minimum Gasteiger partial charge on any atom is -0.481 e. The van der Waals surface area contributed by atoms with E-state index in [-0.39, 0.29) is 17.9 Å². The lowest BCUT2D eigenvalue weighted by Crippen LogP contribution is -2.70. The molecule has 0 aromatic carbocycles. The second-order valence-electron chi connectivity index (χ2n) is 5.77. The van der Waals surface area contributed by atoms with Gasteiger partial charge in [-0.3, -0.25) is 14.5 Å². The van der Waals surface area contributed by atoms with Crippen LogP contribution in [-0.2, 0) is 9.59 Å². The zero-order valence-electron chi connectivity index (χ0n) is 11.4. The number of carboxylic acid groups (broad SMARTS) is 1. The lowest BCUT2D eigenvalue weighted by molar-refractivity contribution is -0.142. The van der Waals surface area contributed by atoms with Gasteiger partial charge in [-0.1, -0.05) is 0 Å². The molecule has 0 aromatic rings. The molecule has 0 aliphatic carbocycles. The van der Waals surface area contributed by atoms with Gasteiger partial charge in [0.1, 0.15) is 0 Å². The van der Waals surface area contributed by atoms with Crippen molar-refractivity contribution in [2.75, 3.05) is 32.7 Å². The van der Waals surface area contributed by atoms with Crippen LogP contribution in [0, 0.1) is 5.92 Å². The van der Waals surface area contributed by atoms with Crippen LogP contribution in [0.15, 0.2) is 0 Å². The van der Waals surface area contributed by atoms with E-state index in [1.807, 2.05) is 0 Å². The summed E-state index contributed by atoms with van der Waals surface area (Å²) in [7, 11) is 0. The van der Waals surface area contributed by atoms with E-state index in [2.05, 4.69) is 15.5 Å². The Hall–Kier alpha value is -1.14. The highest BCUT2D eigenvalue weighted by Crippen LogP contribution is 2.29. The van der Waals surface area contributed by atoms with Gasteiger partial charge in [-0.2, -0.15) is 0 Å². The average Bonchev–Trinajstić information content (AvgIpc) is 2.32. The van der Waals surface area contributed by atoms with Gasteiger partial charge in [0.15, 0.2) is 0 Å². The van der Waals surface area contributed by atoms with Crippen molar-refractivity contribution in [3.63, 3.8) is 0 Å². The van der Waals surface area contributed by atoms with Crippen molar-refractivity contribution in [2.24, 2.45) is 5.92 Å². The van der Waals surface area contributed by atoms with E-state index < -0.39 is 5.97 Å². The predicted molar refractivity (Wildman–Crippen MR) is 70.8 cm³/mol. The number of likely N-dealkylation sites (tertiary alicyclic amines) is 1. The smallest absolute Gasteiger partial charge is 0.305 e. The van der Waals surface area contributed by atoms with Crippen molar-refractivity contribution in [3.05, 3.63) is 0 Å². The first-order valence-corrected chi connectivity index (χ1v) is 6.94. The maximum Gasteiger partial charge on any atom is 0.305 e. The standard InChI is InChI=1S/C13H23N3O3/c1-10(17)15-7-11-2-4-16(5-3-11)13(6-12(18)19)8-14-9-13/h11,14H,2-9H2,1H3,(H,15,17)(H,18,19). The summed E-state index contributed by atoms with van der Waals surface area (Å²) in [6, 6.07) is 0. The van der Waals surface area contributed by atoms with Crippen molar-refractivity contribution in [2.45, 2.75) is 31.7 Å². The van der Waals surface area contributed by atoms with Crippen LogP contribution in [0.4, 0.5) is 0 Å². The molecular formula is C13H23N3O3. The fraction of sp³-hybridized carbons (Fsp3) is 0.846. The van der Waals surface area contributed by atoms with Crippen LogP contribution < -0.4 is 10.6 Å². The van der Waals surface area contributed by atoms with Crippen LogP contribution in [0.5, 0.6) is 0 Å². The first-order chi connectivity index (χ1) is 9.02. The van der Waals surface area contributed by atoms with E-state index >= 15 is 0 Å². The molecule has 19 heavy (non-hydrogen) atoms. The minimum atomic E-state index is -0.720. The van der Waals surface area contributed by atoms with Gasteiger partial charge < -0.3 is 15.7 Å². The third-order valence-corrected chi connectivity index (χ3v) is 4.31. The van der Waals surface area contributed by atoms with Crippen LogP contribution in [0.1, 0.15) is 26.2 Å². The molecule has 0 unspecified atom stereocenters. The topological polar surface area (TPSA) is 81.7 Å². The lowest BCUT2D eigenvalue weighted by Gasteiger charge is -2.52. The molecule has 0 saturated carbocycles. The fourth-order valence-electron chi connectivity index (χ4n) is 3.05. The fourth-order valence-corrected chi connectivity index (χ4v) is 3.05. The van der Waals surface area contributed by atoms with E-state index in [1.54, 1.807) is 0 Å². The maximum absolute atomic E-state index is 11.0. The molecule has 2 aliphatic heterocycles. The molecule has 2 fully saturated rings. The number of piperidine rings is 1. The molecule has 2 rings (SSSR count). The Morgan fingerprint density at radius 1 is 1.37 bits per heavy atom. The lowest BCUT2D eigenvalue weighted by atomic mass is 9.83. The van der Waals surface area contributed by atoms with Crippen LogP contribution in [0.3, 0.4) is 0 Å². The van der Waals surface area contributed by atoms with Gasteiger partial charge in [-0.05, 0) is 31.8 Å². The largest absolute Gasteiger partial charge is 0.481 e. The van der Waals surface area contributed by atoms with E-state index in [0.29, 0.717) is 5.92 Å². The molecule has 108 valence electrons. The Labute approximate surface area is 113 Å². The van der Waals surface area contributed by atoms with Crippen molar-refractivity contribution >= 4 is 11.9 Å². The first kappa shape index (κ1) is 14.3. The Bertz CT molecular complexity index is 347. The van der Waals surface area contributed by atoms with Crippen LogP contribution in [0.25, 0.3) is 0 Å². The molecule has 6 heteroatoms. The Morgan fingerprint density at radius 3 is 2.42 bits per heavy atom. The van der Waals surface area contributed by atoms with Crippen molar-refractivity contribution in [1.82, 2.24) is 15.5 Å². The number of nitrogens with zero attached hydrogens (tertiary/aromatic N) is 1. The van der Waals surface area contributed by atoms with Gasteiger partial charge >= 0.3 is 5.97 Å². The SMILES string of the molecule is CC(=O)NCC1CCN(C2(CC(=O)O)CNC2)CC1. The highest BCUT2D eigenvalue weighted by Gasteiger charge is 2.45. The summed E-state index contributed by atoms with van der Waals surface area (Å²) in [5, 5.41) is 15.1. The number of aliphatic carboxylic acids is 1. The predicted octanol–water partition coefficient (Wildman–Crippen LogP) is -0.349. The quantitative estimate of drug-likeness (QED) is 0.635. The molecule has 0 radical (unpaired) electrons. The Balaban J connectivity index is 1.81. The average molecular weight is 269 g/mol. The van der Waals surface area contributed by atoms with Gasteiger partial charge in [0, 0.05) is 26.6 Å². The molecule has 1 amide bonds. The van der Waals surface area contributed by atoms with Gasteiger partial charge in [0.2, 0.25) is 5.91 Å². The maximum atomic E-state index is 11.0. The first-order valence-electron chi connectivity index (χ1n) is 6.94. The second-order valence-corrected chi connectivity index (χ2v) is 5.77. The van der Waals surface area contributed by atoms with E-state index in [0.717, 1.165) is 45.6 Å². The van der Waals surface area contributed by atoms with E-state index in [9.17, 15) is 9.59 Å². The summed E-state index contributed by atoms with van der Waals surface area (Å²) in [4.78, 5) is 24.2. The number of rotatable bonds is 5. The molecule has 0 aromatic heterocycles. The highest BCUT2D eigenvalue weighted by molar-refractivity contribution is 5.72. The summed E-state index contributed by atoms with van der Waals surface area (Å²) in [5.41, 5.74) is -0.176. The van der Waals surface area contributed by atoms with Gasteiger partial charge in [0.05, 0.1) is 12.0 Å². The van der Waals surface area contributed by atoms with Gasteiger partial charge in [0.25, 0.3) is 0 Å². The van der Waals surface area contributed by atoms with Crippen LogP contribution in [-0.4, -0.2) is 60.1 Å². The zero-order valence-corrected chi connectivity index (χ0v) is 11.4. The second kappa shape index (κ2) is 5.88. The summed E-state index contributed by atoms with van der Waals surface area (Å²) >= 11 is 0.